The summed E-state index contributed by atoms with van der Waals surface area (Å²) in [7, 11) is 0. The van der Waals surface area contributed by atoms with Gasteiger partial charge in [0, 0.05) is 6.54 Å². The highest BCUT2D eigenvalue weighted by atomic mass is 35.5. The molecule has 0 bridgehead atoms. The van der Waals surface area contributed by atoms with Crippen molar-refractivity contribution < 1.29 is 17.9 Å². The molecular weight excluding hydrogens is 267 g/mol. The van der Waals surface area contributed by atoms with E-state index in [1.807, 2.05) is 13.8 Å². The maximum absolute atomic E-state index is 12.5. The SMILES string of the molecule is CC(C)OCCNc1cc(C(F)(F)F)ccc1Cl. The van der Waals surface area contributed by atoms with Crippen LogP contribution < -0.4 is 5.32 Å². The Bertz CT molecular complexity index is 393. The lowest BCUT2D eigenvalue weighted by Crippen LogP contribution is -2.14. The molecule has 0 aliphatic rings. The van der Waals surface area contributed by atoms with Crippen LogP contribution in [-0.4, -0.2) is 19.3 Å². The number of rotatable bonds is 5. The molecule has 1 aromatic rings. The molecule has 0 aliphatic carbocycles. The van der Waals surface area contributed by atoms with E-state index in [4.69, 9.17) is 16.3 Å². The van der Waals surface area contributed by atoms with Gasteiger partial charge in [0.15, 0.2) is 0 Å². The molecule has 0 atom stereocenters. The lowest BCUT2D eigenvalue weighted by atomic mass is 10.2. The normalized spacial score (nSPS) is 11.9. The van der Waals surface area contributed by atoms with Gasteiger partial charge in [0.05, 0.1) is 29.0 Å². The Kier molecular flexibility index (Phi) is 5.28. The van der Waals surface area contributed by atoms with Crippen LogP contribution in [0.4, 0.5) is 18.9 Å². The van der Waals surface area contributed by atoms with Gasteiger partial charge in [0.25, 0.3) is 0 Å². The fraction of sp³-hybridized carbons (Fsp3) is 0.500. The zero-order valence-electron chi connectivity index (χ0n) is 10.1. The second kappa shape index (κ2) is 6.29. The molecule has 0 saturated heterocycles. The zero-order valence-corrected chi connectivity index (χ0v) is 10.9. The predicted molar refractivity (Wildman–Crippen MR) is 66.0 cm³/mol. The zero-order chi connectivity index (χ0) is 13.8. The van der Waals surface area contributed by atoms with Crippen LogP contribution in [0, 0.1) is 0 Å². The lowest BCUT2D eigenvalue weighted by molar-refractivity contribution is -0.137. The van der Waals surface area contributed by atoms with Crippen molar-refractivity contribution in [1.29, 1.82) is 0 Å². The Labute approximate surface area is 109 Å². The number of nitrogens with one attached hydrogen (secondary N) is 1. The van der Waals surface area contributed by atoms with Crippen molar-refractivity contribution in [2.24, 2.45) is 0 Å². The number of hydrogen-bond acceptors (Lipinski definition) is 2. The van der Waals surface area contributed by atoms with Crippen molar-refractivity contribution in [3.8, 4) is 0 Å². The average molecular weight is 282 g/mol. The van der Waals surface area contributed by atoms with Crippen LogP contribution in [0.15, 0.2) is 18.2 Å². The number of anilines is 1. The van der Waals surface area contributed by atoms with Crippen LogP contribution in [-0.2, 0) is 10.9 Å². The van der Waals surface area contributed by atoms with Gasteiger partial charge in [-0.3, -0.25) is 0 Å². The summed E-state index contributed by atoms with van der Waals surface area (Å²) in [5.74, 6) is 0. The first-order valence-corrected chi connectivity index (χ1v) is 5.90. The van der Waals surface area contributed by atoms with Crippen molar-refractivity contribution in [2.75, 3.05) is 18.5 Å². The lowest BCUT2D eigenvalue weighted by Gasteiger charge is -2.13. The van der Waals surface area contributed by atoms with E-state index in [-0.39, 0.29) is 16.8 Å². The minimum atomic E-state index is -4.37. The number of benzene rings is 1. The Hall–Kier alpha value is -0.940. The van der Waals surface area contributed by atoms with E-state index >= 15 is 0 Å². The molecule has 102 valence electrons. The molecule has 0 fully saturated rings. The van der Waals surface area contributed by atoms with E-state index < -0.39 is 11.7 Å². The summed E-state index contributed by atoms with van der Waals surface area (Å²) in [6, 6.07) is 3.19. The Morgan fingerprint density at radius 2 is 2.00 bits per heavy atom. The molecule has 6 heteroatoms. The van der Waals surface area contributed by atoms with Gasteiger partial charge in [-0.05, 0) is 32.0 Å². The van der Waals surface area contributed by atoms with Gasteiger partial charge in [-0.2, -0.15) is 13.2 Å². The summed E-state index contributed by atoms with van der Waals surface area (Å²) in [6.45, 7) is 4.58. The first-order chi connectivity index (χ1) is 8.30. The first-order valence-electron chi connectivity index (χ1n) is 5.53. The summed E-state index contributed by atoms with van der Waals surface area (Å²) in [5, 5.41) is 3.08. The Morgan fingerprint density at radius 3 is 2.56 bits per heavy atom. The molecule has 0 aromatic heterocycles. The molecule has 0 saturated carbocycles. The van der Waals surface area contributed by atoms with Gasteiger partial charge in [-0.25, -0.2) is 0 Å². The quantitative estimate of drug-likeness (QED) is 0.817. The standard InChI is InChI=1S/C12H15ClF3NO/c1-8(2)18-6-5-17-11-7-9(12(14,15)16)3-4-10(11)13/h3-4,7-8,17H,5-6H2,1-2H3. The Balaban J connectivity index is 2.64. The van der Waals surface area contributed by atoms with E-state index in [1.54, 1.807) is 0 Å². The van der Waals surface area contributed by atoms with Crippen molar-refractivity contribution in [1.82, 2.24) is 0 Å². The second-order valence-corrected chi connectivity index (χ2v) is 4.45. The van der Waals surface area contributed by atoms with Crippen molar-refractivity contribution >= 4 is 17.3 Å². The third-order valence-electron chi connectivity index (χ3n) is 2.16. The number of hydrogen-bond donors (Lipinski definition) is 1. The van der Waals surface area contributed by atoms with E-state index in [1.165, 1.54) is 6.07 Å². The largest absolute Gasteiger partial charge is 0.416 e. The predicted octanol–water partition coefficient (Wildman–Crippen LogP) is 4.20. The maximum atomic E-state index is 12.5. The third-order valence-corrected chi connectivity index (χ3v) is 2.49. The summed E-state index contributed by atoms with van der Waals surface area (Å²) in [6.07, 6.45) is -4.28. The molecule has 0 aliphatic heterocycles. The monoisotopic (exact) mass is 281 g/mol. The van der Waals surface area contributed by atoms with Gasteiger partial charge in [-0.15, -0.1) is 0 Å². The fourth-order valence-electron chi connectivity index (χ4n) is 1.32. The molecule has 0 heterocycles. The molecular formula is C12H15ClF3NO. The number of alkyl halides is 3. The minimum absolute atomic E-state index is 0.0868. The van der Waals surface area contributed by atoms with Crippen LogP contribution >= 0.6 is 11.6 Å². The molecule has 1 N–H and O–H groups in total. The average Bonchev–Trinajstić information content (AvgIpc) is 2.24. The molecule has 0 unspecified atom stereocenters. The molecule has 2 nitrogen and oxygen atoms in total. The molecule has 0 radical (unpaired) electrons. The van der Waals surface area contributed by atoms with Gasteiger partial charge in [0.1, 0.15) is 0 Å². The molecule has 1 aromatic carbocycles. The van der Waals surface area contributed by atoms with Crippen LogP contribution in [0.3, 0.4) is 0 Å². The summed E-state index contributed by atoms with van der Waals surface area (Å²) < 4.78 is 42.8. The number of ether oxygens (including phenoxy) is 1. The van der Waals surface area contributed by atoms with Gasteiger partial charge in [0.2, 0.25) is 0 Å². The van der Waals surface area contributed by atoms with Crippen LogP contribution in [0.1, 0.15) is 19.4 Å². The van der Waals surface area contributed by atoms with Gasteiger partial charge < -0.3 is 10.1 Å². The fourth-order valence-corrected chi connectivity index (χ4v) is 1.50. The second-order valence-electron chi connectivity index (χ2n) is 4.04. The minimum Gasteiger partial charge on any atom is -0.382 e. The topological polar surface area (TPSA) is 21.3 Å². The molecule has 18 heavy (non-hydrogen) atoms. The van der Waals surface area contributed by atoms with Crippen LogP contribution in [0.25, 0.3) is 0 Å². The first kappa shape index (κ1) is 15.1. The van der Waals surface area contributed by atoms with Crippen molar-refractivity contribution in [2.45, 2.75) is 26.1 Å². The summed E-state index contributed by atoms with van der Waals surface area (Å²) in [5.41, 5.74) is -0.460. The van der Waals surface area contributed by atoms with Crippen molar-refractivity contribution in [3.63, 3.8) is 0 Å². The van der Waals surface area contributed by atoms with Crippen molar-refractivity contribution in [3.05, 3.63) is 28.8 Å². The van der Waals surface area contributed by atoms with Gasteiger partial charge >= 0.3 is 6.18 Å². The van der Waals surface area contributed by atoms with Crippen LogP contribution in [0.5, 0.6) is 0 Å². The van der Waals surface area contributed by atoms with E-state index in [0.717, 1.165) is 12.1 Å². The van der Waals surface area contributed by atoms with E-state index in [9.17, 15) is 13.2 Å². The van der Waals surface area contributed by atoms with E-state index in [0.29, 0.717) is 13.2 Å². The smallest absolute Gasteiger partial charge is 0.382 e. The van der Waals surface area contributed by atoms with Crippen LogP contribution in [0.2, 0.25) is 5.02 Å². The van der Waals surface area contributed by atoms with E-state index in [2.05, 4.69) is 5.32 Å². The maximum Gasteiger partial charge on any atom is 0.416 e. The molecule has 1 rings (SSSR count). The highest BCUT2D eigenvalue weighted by molar-refractivity contribution is 6.33. The number of halogens is 4. The third kappa shape index (κ3) is 4.74. The molecule has 0 spiro atoms. The summed E-state index contributed by atoms with van der Waals surface area (Å²) in [4.78, 5) is 0. The molecule has 0 amide bonds. The summed E-state index contributed by atoms with van der Waals surface area (Å²) >= 11 is 5.82. The Morgan fingerprint density at radius 1 is 1.33 bits per heavy atom. The highest BCUT2D eigenvalue weighted by Gasteiger charge is 2.30. The van der Waals surface area contributed by atoms with Gasteiger partial charge in [-0.1, -0.05) is 11.6 Å². The highest BCUT2D eigenvalue weighted by Crippen LogP contribution is 2.33.